The third kappa shape index (κ3) is 4.68. The Morgan fingerprint density at radius 1 is 1.18 bits per heavy atom. The second-order valence-electron chi connectivity index (χ2n) is 4.71. The molecule has 0 saturated carbocycles. The van der Waals surface area contributed by atoms with E-state index in [4.69, 9.17) is 10.8 Å². The van der Waals surface area contributed by atoms with Crippen LogP contribution in [0.1, 0.15) is 27.0 Å². The summed E-state index contributed by atoms with van der Waals surface area (Å²) in [5.74, 6) is -0.876. The molecule has 0 bridgehead atoms. The molecule has 0 heterocycles. The number of nitro benzene ring substituents is 1. The zero-order chi connectivity index (χ0) is 16.7. The number of nitrogens with zero attached hydrogens (tertiary/aromatic N) is 1. The second-order valence-corrected chi connectivity index (χ2v) is 4.71. The fourth-order valence-electron chi connectivity index (χ4n) is 2.06. The molecule has 0 aliphatic heterocycles. The van der Waals surface area contributed by atoms with Crippen molar-refractivity contribution in [2.75, 3.05) is 0 Å². The molecule has 2 aromatic carbocycles. The molecule has 0 amide bonds. The monoisotopic (exact) mass is 302 g/mol. The molecule has 0 atom stereocenters. The van der Waals surface area contributed by atoms with E-state index in [1.165, 1.54) is 12.1 Å². The SMILES string of the molecule is Cc1cc(CN)cc(C)c1C(=O)O.O=[N+]([O-])c1ccccc1. The third-order valence-electron chi connectivity index (χ3n) is 3.01. The molecule has 0 aliphatic carbocycles. The Kier molecular flexibility index (Phi) is 6.22. The van der Waals surface area contributed by atoms with Crippen molar-refractivity contribution < 1.29 is 14.8 Å². The molecule has 0 saturated heterocycles. The number of para-hydroxylation sites is 1. The van der Waals surface area contributed by atoms with E-state index in [2.05, 4.69) is 0 Å². The molecule has 0 aromatic heterocycles. The summed E-state index contributed by atoms with van der Waals surface area (Å²) < 4.78 is 0. The smallest absolute Gasteiger partial charge is 0.336 e. The van der Waals surface area contributed by atoms with Crippen molar-refractivity contribution in [3.8, 4) is 0 Å². The van der Waals surface area contributed by atoms with E-state index in [-0.39, 0.29) is 5.69 Å². The summed E-state index contributed by atoms with van der Waals surface area (Å²) in [4.78, 5) is 20.4. The van der Waals surface area contributed by atoms with E-state index in [1.54, 1.807) is 32.0 Å². The highest BCUT2D eigenvalue weighted by Gasteiger charge is 2.10. The summed E-state index contributed by atoms with van der Waals surface area (Å²) in [6, 6.07) is 11.6. The van der Waals surface area contributed by atoms with Gasteiger partial charge in [-0.3, -0.25) is 10.1 Å². The normalized spacial score (nSPS) is 9.59. The van der Waals surface area contributed by atoms with Gasteiger partial charge in [0.1, 0.15) is 0 Å². The van der Waals surface area contributed by atoms with Gasteiger partial charge in [-0.1, -0.05) is 30.3 Å². The standard InChI is InChI=1S/C10H13NO2.C6H5NO2/c1-6-3-8(5-11)4-7(2)9(6)10(12)13;8-7(9)6-4-2-1-3-5-6/h3-4H,5,11H2,1-2H3,(H,12,13);1-5H. The highest BCUT2D eigenvalue weighted by Crippen LogP contribution is 2.16. The minimum atomic E-state index is -0.876. The van der Waals surface area contributed by atoms with Crippen LogP contribution in [0.2, 0.25) is 0 Å². The fraction of sp³-hybridized carbons (Fsp3) is 0.188. The molecular weight excluding hydrogens is 284 g/mol. The van der Waals surface area contributed by atoms with Gasteiger partial charge in [-0.15, -0.1) is 0 Å². The summed E-state index contributed by atoms with van der Waals surface area (Å²) >= 11 is 0. The van der Waals surface area contributed by atoms with E-state index < -0.39 is 10.9 Å². The number of rotatable bonds is 3. The Hall–Kier alpha value is -2.73. The van der Waals surface area contributed by atoms with Crippen molar-refractivity contribution in [1.29, 1.82) is 0 Å². The lowest BCUT2D eigenvalue weighted by Crippen LogP contribution is -2.06. The van der Waals surface area contributed by atoms with Gasteiger partial charge in [-0.05, 0) is 30.5 Å². The number of carboxylic acid groups (broad SMARTS) is 1. The molecule has 0 fully saturated rings. The lowest BCUT2D eigenvalue weighted by molar-refractivity contribution is -0.384. The maximum absolute atomic E-state index is 10.8. The lowest BCUT2D eigenvalue weighted by Gasteiger charge is -2.07. The number of carboxylic acids is 1. The Bertz CT molecular complexity index is 646. The van der Waals surface area contributed by atoms with Gasteiger partial charge in [0.15, 0.2) is 0 Å². The minimum Gasteiger partial charge on any atom is -0.478 e. The summed E-state index contributed by atoms with van der Waals surface area (Å²) in [5, 5.41) is 18.9. The van der Waals surface area contributed by atoms with E-state index in [1.807, 2.05) is 12.1 Å². The number of aromatic carboxylic acids is 1. The molecule has 0 unspecified atom stereocenters. The fourth-order valence-corrected chi connectivity index (χ4v) is 2.06. The molecule has 0 aliphatic rings. The van der Waals surface area contributed by atoms with Crippen LogP contribution >= 0.6 is 0 Å². The Labute approximate surface area is 128 Å². The quantitative estimate of drug-likeness (QED) is 0.669. The molecule has 0 spiro atoms. The van der Waals surface area contributed by atoms with Crippen LogP contribution in [-0.2, 0) is 6.54 Å². The maximum Gasteiger partial charge on any atom is 0.336 e. The van der Waals surface area contributed by atoms with E-state index in [9.17, 15) is 14.9 Å². The zero-order valence-electron chi connectivity index (χ0n) is 12.4. The number of non-ortho nitro benzene ring substituents is 1. The van der Waals surface area contributed by atoms with Crippen LogP contribution in [0.4, 0.5) is 5.69 Å². The molecule has 22 heavy (non-hydrogen) atoms. The van der Waals surface area contributed by atoms with Crippen LogP contribution in [0.3, 0.4) is 0 Å². The number of benzene rings is 2. The predicted molar refractivity (Wildman–Crippen MR) is 83.9 cm³/mol. The van der Waals surface area contributed by atoms with Gasteiger partial charge in [0.05, 0.1) is 10.5 Å². The number of hydrogen-bond donors (Lipinski definition) is 2. The van der Waals surface area contributed by atoms with Crippen molar-refractivity contribution in [2.24, 2.45) is 5.73 Å². The van der Waals surface area contributed by atoms with Crippen LogP contribution in [0.25, 0.3) is 0 Å². The highest BCUT2D eigenvalue weighted by atomic mass is 16.6. The van der Waals surface area contributed by atoms with Crippen molar-refractivity contribution >= 4 is 11.7 Å². The first-order chi connectivity index (χ1) is 10.4. The number of carbonyl (C=O) groups is 1. The van der Waals surface area contributed by atoms with Gasteiger partial charge in [0, 0.05) is 18.7 Å². The molecule has 3 N–H and O–H groups in total. The van der Waals surface area contributed by atoms with Crippen LogP contribution in [-0.4, -0.2) is 16.0 Å². The molecule has 6 nitrogen and oxygen atoms in total. The van der Waals surface area contributed by atoms with Gasteiger partial charge < -0.3 is 10.8 Å². The lowest BCUT2D eigenvalue weighted by atomic mass is 9.99. The van der Waals surface area contributed by atoms with Gasteiger partial charge >= 0.3 is 5.97 Å². The second kappa shape index (κ2) is 7.90. The number of aryl methyl sites for hydroxylation is 2. The number of nitro groups is 1. The largest absolute Gasteiger partial charge is 0.478 e. The molecule has 2 aromatic rings. The van der Waals surface area contributed by atoms with Gasteiger partial charge in [-0.2, -0.15) is 0 Å². The number of nitrogens with two attached hydrogens (primary N) is 1. The third-order valence-corrected chi connectivity index (χ3v) is 3.01. The Morgan fingerprint density at radius 2 is 1.68 bits per heavy atom. The highest BCUT2D eigenvalue weighted by molar-refractivity contribution is 5.91. The van der Waals surface area contributed by atoms with Crippen molar-refractivity contribution in [2.45, 2.75) is 20.4 Å². The molecule has 6 heteroatoms. The Morgan fingerprint density at radius 3 is 2.00 bits per heavy atom. The predicted octanol–water partition coefficient (Wildman–Crippen LogP) is 3.06. The van der Waals surface area contributed by atoms with Crippen LogP contribution in [0.5, 0.6) is 0 Å². The zero-order valence-corrected chi connectivity index (χ0v) is 12.4. The topological polar surface area (TPSA) is 106 Å². The maximum atomic E-state index is 10.8. The molecular formula is C16H18N2O4. The summed E-state index contributed by atoms with van der Waals surface area (Å²) in [6.07, 6.45) is 0. The van der Waals surface area contributed by atoms with Crippen LogP contribution in [0.15, 0.2) is 42.5 Å². The van der Waals surface area contributed by atoms with Crippen LogP contribution < -0.4 is 5.73 Å². The summed E-state index contributed by atoms with van der Waals surface area (Å²) in [6.45, 7) is 4.02. The van der Waals surface area contributed by atoms with Crippen molar-refractivity contribution in [3.05, 3.63) is 74.8 Å². The van der Waals surface area contributed by atoms with Gasteiger partial charge in [0.25, 0.3) is 5.69 Å². The van der Waals surface area contributed by atoms with Crippen molar-refractivity contribution in [3.63, 3.8) is 0 Å². The summed E-state index contributed by atoms with van der Waals surface area (Å²) in [5.41, 5.74) is 8.50. The van der Waals surface area contributed by atoms with Gasteiger partial charge in [0.2, 0.25) is 0 Å². The summed E-state index contributed by atoms with van der Waals surface area (Å²) in [7, 11) is 0. The molecule has 2 rings (SSSR count). The number of hydrogen-bond acceptors (Lipinski definition) is 4. The molecule has 0 radical (unpaired) electrons. The molecule has 116 valence electrons. The van der Waals surface area contributed by atoms with Crippen molar-refractivity contribution in [1.82, 2.24) is 0 Å². The average Bonchev–Trinajstić information content (AvgIpc) is 2.47. The van der Waals surface area contributed by atoms with E-state index in [0.29, 0.717) is 12.1 Å². The minimum absolute atomic E-state index is 0.137. The first-order valence-corrected chi connectivity index (χ1v) is 6.59. The van der Waals surface area contributed by atoms with Crippen LogP contribution in [0, 0.1) is 24.0 Å². The van der Waals surface area contributed by atoms with E-state index >= 15 is 0 Å². The Balaban J connectivity index is 0.000000235. The first kappa shape index (κ1) is 17.3. The van der Waals surface area contributed by atoms with E-state index in [0.717, 1.165) is 16.7 Å². The first-order valence-electron chi connectivity index (χ1n) is 6.59. The van der Waals surface area contributed by atoms with Gasteiger partial charge in [-0.25, -0.2) is 4.79 Å². The average molecular weight is 302 g/mol.